The molecule has 0 aromatic heterocycles. The Balaban J connectivity index is 1.75. The molecule has 0 amide bonds. The van der Waals surface area contributed by atoms with Crippen LogP contribution in [0.15, 0.2) is 28.7 Å². The molecule has 1 aliphatic heterocycles. The predicted octanol–water partition coefficient (Wildman–Crippen LogP) is 2.73. The normalized spacial score (nSPS) is 22.9. The summed E-state index contributed by atoms with van der Waals surface area (Å²) in [6.07, 6.45) is 0.140. The third kappa shape index (κ3) is 4.35. The maximum atomic E-state index is 5.94. The first kappa shape index (κ1) is 14.0. The van der Waals surface area contributed by atoms with E-state index >= 15 is 0 Å². The van der Waals surface area contributed by atoms with E-state index in [0.29, 0.717) is 13.2 Å². The van der Waals surface area contributed by atoms with Gasteiger partial charge in [0.25, 0.3) is 0 Å². The lowest BCUT2D eigenvalue weighted by atomic mass is 10.1. The van der Waals surface area contributed by atoms with Crippen LogP contribution in [0.2, 0.25) is 0 Å². The van der Waals surface area contributed by atoms with Gasteiger partial charge in [-0.2, -0.15) is 0 Å². The zero-order chi connectivity index (χ0) is 13.0. The van der Waals surface area contributed by atoms with E-state index in [1.165, 1.54) is 5.56 Å². The van der Waals surface area contributed by atoms with Crippen molar-refractivity contribution >= 4 is 15.9 Å². The van der Waals surface area contributed by atoms with Crippen LogP contribution in [0.1, 0.15) is 19.4 Å². The lowest BCUT2D eigenvalue weighted by Gasteiger charge is -2.36. The van der Waals surface area contributed by atoms with Crippen LogP contribution in [0, 0.1) is 0 Å². The monoisotopic (exact) mass is 313 g/mol. The van der Waals surface area contributed by atoms with Crippen molar-refractivity contribution in [2.75, 3.05) is 19.7 Å². The standard InChI is InChI=1S/C14H20BrNO2/c1-14(2)10-16-7-13(18-14)9-17-8-11-4-3-5-12(15)6-11/h3-6,13,16H,7-10H2,1-2H3. The van der Waals surface area contributed by atoms with Gasteiger partial charge in [-0.3, -0.25) is 0 Å². The maximum Gasteiger partial charge on any atom is 0.0940 e. The van der Waals surface area contributed by atoms with E-state index in [2.05, 4.69) is 47.2 Å². The van der Waals surface area contributed by atoms with E-state index < -0.39 is 0 Å². The van der Waals surface area contributed by atoms with Gasteiger partial charge >= 0.3 is 0 Å². The van der Waals surface area contributed by atoms with Crippen LogP contribution < -0.4 is 5.32 Å². The molecule has 0 radical (unpaired) electrons. The van der Waals surface area contributed by atoms with E-state index in [0.717, 1.165) is 17.6 Å². The molecule has 1 aliphatic rings. The Morgan fingerprint density at radius 1 is 1.50 bits per heavy atom. The van der Waals surface area contributed by atoms with Crippen LogP contribution >= 0.6 is 15.9 Å². The van der Waals surface area contributed by atoms with Gasteiger partial charge < -0.3 is 14.8 Å². The molecular weight excluding hydrogens is 294 g/mol. The lowest BCUT2D eigenvalue weighted by Crippen LogP contribution is -2.51. The molecule has 3 nitrogen and oxygen atoms in total. The second-order valence-corrected chi connectivity index (χ2v) is 6.19. The first-order chi connectivity index (χ1) is 8.55. The molecule has 1 aromatic carbocycles. The van der Waals surface area contributed by atoms with Crippen LogP contribution in [0.4, 0.5) is 0 Å². The van der Waals surface area contributed by atoms with E-state index in [9.17, 15) is 0 Å². The number of benzene rings is 1. The first-order valence-electron chi connectivity index (χ1n) is 6.26. The zero-order valence-corrected chi connectivity index (χ0v) is 12.5. The molecule has 0 saturated carbocycles. The van der Waals surface area contributed by atoms with Gasteiger partial charge in [-0.15, -0.1) is 0 Å². The van der Waals surface area contributed by atoms with Crippen molar-refractivity contribution in [3.05, 3.63) is 34.3 Å². The molecule has 0 aliphatic carbocycles. The van der Waals surface area contributed by atoms with Crippen LogP contribution in [-0.4, -0.2) is 31.4 Å². The van der Waals surface area contributed by atoms with E-state index in [-0.39, 0.29) is 11.7 Å². The Morgan fingerprint density at radius 2 is 2.33 bits per heavy atom. The Morgan fingerprint density at radius 3 is 3.06 bits per heavy atom. The fourth-order valence-electron chi connectivity index (χ4n) is 2.10. The topological polar surface area (TPSA) is 30.5 Å². The highest BCUT2D eigenvalue weighted by Gasteiger charge is 2.28. The Labute approximate surface area is 117 Å². The summed E-state index contributed by atoms with van der Waals surface area (Å²) >= 11 is 3.46. The molecule has 18 heavy (non-hydrogen) atoms. The van der Waals surface area contributed by atoms with Crippen molar-refractivity contribution in [2.24, 2.45) is 0 Å². The summed E-state index contributed by atoms with van der Waals surface area (Å²) in [5.74, 6) is 0. The van der Waals surface area contributed by atoms with Gasteiger partial charge in [-0.05, 0) is 31.5 Å². The Kier molecular flexibility index (Phi) is 4.78. The van der Waals surface area contributed by atoms with Crippen molar-refractivity contribution < 1.29 is 9.47 Å². The first-order valence-corrected chi connectivity index (χ1v) is 7.05. The summed E-state index contributed by atoms with van der Waals surface area (Å²) in [4.78, 5) is 0. The molecule has 1 unspecified atom stereocenters. The summed E-state index contributed by atoms with van der Waals surface area (Å²) in [6, 6.07) is 8.17. The van der Waals surface area contributed by atoms with Gasteiger partial charge in [-0.1, -0.05) is 28.1 Å². The second kappa shape index (κ2) is 6.15. The molecule has 1 fully saturated rings. The highest BCUT2D eigenvalue weighted by atomic mass is 79.9. The number of nitrogens with one attached hydrogen (secondary N) is 1. The summed E-state index contributed by atoms with van der Waals surface area (Å²) < 4.78 is 12.7. The summed E-state index contributed by atoms with van der Waals surface area (Å²) in [7, 11) is 0. The molecule has 1 saturated heterocycles. The number of hydrogen-bond donors (Lipinski definition) is 1. The quantitative estimate of drug-likeness (QED) is 0.927. The molecular formula is C14H20BrNO2. The molecule has 0 bridgehead atoms. The molecule has 2 rings (SSSR count). The van der Waals surface area contributed by atoms with Crippen LogP contribution in [0.5, 0.6) is 0 Å². The number of morpholine rings is 1. The Hall–Kier alpha value is -0.420. The average molecular weight is 314 g/mol. The highest BCUT2D eigenvalue weighted by Crippen LogP contribution is 2.16. The third-order valence-corrected chi connectivity index (χ3v) is 3.36. The molecule has 4 heteroatoms. The SMILES string of the molecule is CC1(C)CNCC(COCc2cccc(Br)c2)O1. The number of hydrogen-bond acceptors (Lipinski definition) is 3. The number of ether oxygens (including phenoxy) is 2. The van der Waals surface area contributed by atoms with Gasteiger partial charge in [0, 0.05) is 17.6 Å². The third-order valence-electron chi connectivity index (χ3n) is 2.87. The summed E-state index contributed by atoms with van der Waals surface area (Å²) in [5.41, 5.74) is 1.08. The van der Waals surface area contributed by atoms with Crippen molar-refractivity contribution in [1.29, 1.82) is 0 Å². The van der Waals surface area contributed by atoms with Crippen LogP contribution in [-0.2, 0) is 16.1 Å². The van der Waals surface area contributed by atoms with E-state index in [1.54, 1.807) is 0 Å². The average Bonchev–Trinajstić information content (AvgIpc) is 2.28. The van der Waals surface area contributed by atoms with Crippen molar-refractivity contribution in [1.82, 2.24) is 5.32 Å². The fraction of sp³-hybridized carbons (Fsp3) is 0.571. The molecule has 0 spiro atoms. The van der Waals surface area contributed by atoms with Gasteiger partial charge in [-0.25, -0.2) is 0 Å². The Bertz CT molecular complexity index is 395. The largest absolute Gasteiger partial charge is 0.374 e. The van der Waals surface area contributed by atoms with Crippen LogP contribution in [0.3, 0.4) is 0 Å². The van der Waals surface area contributed by atoms with Crippen molar-refractivity contribution in [3.63, 3.8) is 0 Å². The highest BCUT2D eigenvalue weighted by molar-refractivity contribution is 9.10. The summed E-state index contributed by atoms with van der Waals surface area (Å²) in [6.45, 7) is 7.21. The maximum absolute atomic E-state index is 5.94. The smallest absolute Gasteiger partial charge is 0.0940 e. The van der Waals surface area contributed by atoms with Crippen molar-refractivity contribution in [3.8, 4) is 0 Å². The van der Waals surface area contributed by atoms with Gasteiger partial charge in [0.15, 0.2) is 0 Å². The molecule has 1 heterocycles. The van der Waals surface area contributed by atoms with Crippen molar-refractivity contribution in [2.45, 2.75) is 32.2 Å². The number of rotatable bonds is 4. The number of halogens is 1. The van der Waals surface area contributed by atoms with Gasteiger partial charge in [0.2, 0.25) is 0 Å². The summed E-state index contributed by atoms with van der Waals surface area (Å²) in [5, 5.41) is 3.37. The molecule has 1 atom stereocenters. The molecule has 1 N–H and O–H groups in total. The van der Waals surface area contributed by atoms with E-state index in [1.807, 2.05) is 12.1 Å². The minimum atomic E-state index is -0.0952. The fourth-order valence-corrected chi connectivity index (χ4v) is 2.54. The zero-order valence-electron chi connectivity index (χ0n) is 10.9. The molecule has 1 aromatic rings. The predicted molar refractivity (Wildman–Crippen MR) is 75.6 cm³/mol. The minimum absolute atomic E-state index is 0.0952. The van der Waals surface area contributed by atoms with Crippen LogP contribution in [0.25, 0.3) is 0 Å². The lowest BCUT2D eigenvalue weighted by molar-refractivity contribution is -0.122. The van der Waals surface area contributed by atoms with Gasteiger partial charge in [0.1, 0.15) is 0 Å². The minimum Gasteiger partial charge on any atom is -0.374 e. The van der Waals surface area contributed by atoms with Gasteiger partial charge in [0.05, 0.1) is 24.9 Å². The van der Waals surface area contributed by atoms with E-state index in [4.69, 9.17) is 9.47 Å². The molecule has 100 valence electrons. The second-order valence-electron chi connectivity index (χ2n) is 5.28.